The van der Waals surface area contributed by atoms with Crippen molar-refractivity contribution in [1.29, 1.82) is 0 Å². The summed E-state index contributed by atoms with van der Waals surface area (Å²) in [6, 6.07) is 0. The van der Waals surface area contributed by atoms with Gasteiger partial charge in [0.15, 0.2) is 0 Å². The zero-order valence-corrected chi connectivity index (χ0v) is 17.7. The van der Waals surface area contributed by atoms with Crippen LogP contribution in [-0.4, -0.2) is 22.2 Å². The Kier molecular flexibility index (Phi) is 8.39. The minimum absolute atomic E-state index is 0.391. The molecule has 0 spiro atoms. The van der Waals surface area contributed by atoms with E-state index in [0.29, 0.717) is 15.1 Å². The molecule has 2 radical (unpaired) electrons. The predicted octanol–water partition coefficient (Wildman–Crippen LogP) is 6.36. The Balaban J connectivity index is 0. The second kappa shape index (κ2) is 7.00. The molecule has 0 fully saturated rings. The van der Waals surface area contributed by atoms with Crippen LogP contribution in [-0.2, 0) is 0 Å². The molecule has 0 saturated carbocycles. The Bertz CT molecular complexity index is 170. The van der Waals surface area contributed by atoms with E-state index >= 15 is 0 Å². The molecular formula is C14H33ClGeSi. The second-order valence-corrected chi connectivity index (χ2v) is 20.9. The third-order valence-electron chi connectivity index (χ3n) is 2.25. The Hall–Kier alpha value is 1.05. The molecule has 0 aliphatic heterocycles. The van der Waals surface area contributed by atoms with E-state index in [1.165, 1.54) is 0 Å². The molecule has 0 rings (SSSR count). The molecule has 104 valence electrons. The van der Waals surface area contributed by atoms with Crippen molar-refractivity contribution in [2.45, 2.75) is 88.9 Å². The summed E-state index contributed by atoms with van der Waals surface area (Å²) < 4.78 is 0. The van der Waals surface area contributed by atoms with Gasteiger partial charge in [-0.15, -0.1) is 0 Å². The maximum absolute atomic E-state index is 5.44. The zero-order valence-electron chi connectivity index (χ0n) is 13.9. The summed E-state index contributed by atoms with van der Waals surface area (Å²) in [5, 5.41) is 1.46. The van der Waals surface area contributed by atoms with Gasteiger partial charge in [0.25, 0.3) is 0 Å². The van der Waals surface area contributed by atoms with E-state index in [1.54, 1.807) is 0 Å². The van der Waals surface area contributed by atoms with Gasteiger partial charge in [-0.2, -0.15) is 0 Å². The van der Waals surface area contributed by atoms with Crippen molar-refractivity contribution in [3.63, 3.8) is 0 Å². The van der Waals surface area contributed by atoms with E-state index in [1.807, 2.05) is 0 Å². The van der Waals surface area contributed by atoms with Gasteiger partial charge in [-0.1, -0.05) is 62.3 Å². The molecule has 0 amide bonds. The van der Waals surface area contributed by atoms with Gasteiger partial charge in [0.05, 0.1) is 8.80 Å². The van der Waals surface area contributed by atoms with E-state index in [2.05, 4.69) is 73.8 Å². The van der Waals surface area contributed by atoms with E-state index < -0.39 is 22.2 Å². The SMILES string of the molecule is CC(C)(C)[Si](C(C)(C)C)C(C)(C)C.[CH3][Ge]([CH3])[Cl]. The average Bonchev–Trinajstić information content (AvgIpc) is 1.69. The van der Waals surface area contributed by atoms with Gasteiger partial charge >= 0.3 is 34.9 Å². The van der Waals surface area contributed by atoms with Crippen molar-refractivity contribution in [3.8, 4) is 0 Å². The molecule has 3 heteroatoms. The predicted molar refractivity (Wildman–Crippen MR) is 88.2 cm³/mol. The van der Waals surface area contributed by atoms with Crippen molar-refractivity contribution < 1.29 is 0 Å². The van der Waals surface area contributed by atoms with Crippen LogP contribution in [0.25, 0.3) is 0 Å². The molecule has 0 aliphatic rings. The van der Waals surface area contributed by atoms with Gasteiger partial charge in [-0.3, -0.25) is 0 Å². The Labute approximate surface area is 121 Å². The molecule has 0 bridgehead atoms. The van der Waals surface area contributed by atoms with Crippen molar-refractivity contribution >= 4 is 32.2 Å². The summed E-state index contributed by atoms with van der Waals surface area (Å²) in [6.07, 6.45) is 0. The second-order valence-electron chi connectivity index (χ2n) is 8.00. The van der Waals surface area contributed by atoms with Crippen LogP contribution >= 0.6 is 10.0 Å². The van der Waals surface area contributed by atoms with Crippen molar-refractivity contribution in [1.82, 2.24) is 0 Å². The normalized spacial score (nSPS) is 13.8. The Morgan fingerprint density at radius 1 is 0.647 bits per heavy atom. The Morgan fingerprint density at radius 2 is 0.765 bits per heavy atom. The molecular weight excluding hydrogens is 304 g/mol. The van der Waals surface area contributed by atoms with Crippen LogP contribution in [0.4, 0.5) is 0 Å². The minimum atomic E-state index is -0.861. The van der Waals surface area contributed by atoms with Crippen LogP contribution < -0.4 is 0 Å². The van der Waals surface area contributed by atoms with Crippen LogP contribution in [0.5, 0.6) is 0 Å². The molecule has 0 heterocycles. The van der Waals surface area contributed by atoms with E-state index in [-0.39, 0.29) is 0 Å². The topological polar surface area (TPSA) is 0 Å². The van der Waals surface area contributed by atoms with Crippen LogP contribution in [0.1, 0.15) is 62.3 Å². The van der Waals surface area contributed by atoms with Crippen LogP contribution in [0, 0.1) is 0 Å². The van der Waals surface area contributed by atoms with Gasteiger partial charge < -0.3 is 0 Å². The van der Waals surface area contributed by atoms with Gasteiger partial charge in [0.1, 0.15) is 0 Å². The quantitative estimate of drug-likeness (QED) is 0.451. The molecule has 0 aromatic rings. The number of hydrogen-bond donors (Lipinski definition) is 0. The van der Waals surface area contributed by atoms with E-state index in [0.717, 1.165) is 0 Å². The summed E-state index contributed by atoms with van der Waals surface area (Å²) in [5.41, 5.74) is 0. The third-order valence-corrected chi connectivity index (χ3v) is 6.75. The van der Waals surface area contributed by atoms with Crippen LogP contribution in [0.2, 0.25) is 26.6 Å². The first-order valence-electron chi connectivity index (χ1n) is 6.44. The molecule has 0 N–H and O–H groups in total. The van der Waals surface area contributed by atoms with Crippen molar-refractivity contribution in [3.05, 3.63) is 0 Å². The van der Waals surface area contributed by atoms with Crippen molar-refractivity contribution in [2.75, 3.05) is 0 Å². The average molecular weight is 338 g/mol. The summed E-state index contributed by atoms with van der Waals surface area (Å²) in [4.78, 5) is 0. The molecule has 0 unspecified atom stereocenters. The maximum atomic E-state index is 5.44. The van der Waals surface area contributed by atoms with Crippen molar-refractivity contribution in [2.24, 2.45) is 0 Å². The van der Waals surface area contributed by atoms with E-state index in [4.69, 9.17) is 10.0 Å². The molecule has 0 aromatic heterocycles. The molecule has 0 nitrogen and oxygen atoms in total. The zero-order chi connectivity index (χ0) is 14.7. The fourth-order valence-corrected chi connectivity index (χ4v) is 10.1. The summed E-state index contributed by atoms with van der Waals surface area (Å²) in [5.74, 6) is 4.20. The third kappa shape index (κ3) is 10.6. The number of hydrogen-bond acceptors (Lipinski definition) is 0. The molecule has 0 aliphatic carbocycles. The van der Waals surface area contributed by atoms with Crippen LogP contribution in [0.15, 0.2) is 0 Å². The first-order valence-corrected chi connectivity index (χ1v) is 14.9. The monoisotopic (exact) mass is 338 g/mol. The first kappa shape index (κ1) is 20.4. The Morgan fingerprint density at radius 3 is 0.765 bits per heavy atom. The molecule has 17 heavy (non-hydrogen) atoms. The molecule has 0 atom stereocenters. The summed E-state index contributed by atoms with van der Waals surface area (Å²) in [7, 11) is 5.05. The summed E-state index contributed by atoms with van der Waals surface area (Å²) in [6.45, 7) is 21.6. The van der Waals surface area contributed by atoms with Gasteiger partial charge in [0, 0.05) is 0 Å². The first-order chi connectivity index (χ1) is 7.10. The fraction of sp³-hybridized carbons (Fsp3) is 1.00. The van der Waals surface area contributed by atoms with Gasteiger partial charge in [0.2, 0.25) is 0 Å². The molecule has 0 aromatic carbocycles. The molecule has 0 saturated heterocycles. The van der Waals surface area contributed by atoms with Gasteiger partial charge in [-0.05, 0) is 15.1 Å². The standard InChI is InChI=1S/C12H27Si.C2H6ClGe/c1-10(2,3)13(11(4,5)6)12(7,8)9;1-4(2)3/h1-9H3;1-2H3. The van der Waals surface area contributed by atoms with E-state index in [9.17, 15) is 0 Å². The summed E-state index contributed by atoms with van der Waals surface area (Å²) >= 11 is -0.861. The number of halogens is 1. The van der Waals surface area contributed by atoms with Crippen LogP contribution in [0.3, 0.4) is 0 Å². The fourth-order valence-electron chi connectivity index (χ4n) is 3.38. The van der Waals surface area contributed by atoms with Gasteiger partial charge in [-0.25, -0.2) is 0 Å². The number of rotatable bonds is 0.